The SMILES string of the molecule is O=C1Nc2c(Cl)cc3cc(C(=O)NCCOc4ccc(F)cc4)oc3c2C2(CCCCC2)N1. The lowest BCUT2D eigenvalue weighted by atomic mass is 9.74. The van der Waals surface area contributed by atoms with Crippen LogP contribution in [0.4, 0.5) is 14.9 Å². The molecule has 1 aromatic heterocycles. The second-order valence-electron chi connectivity index (χ2n) is 8.42. The predicted octanol–water partition coefficient (Wildman–Crippen LogP) is 5.33. The molecule has 0 bridgehead atoms. The first kappa shape index (κ1) is 21.6. The number of benzene rings is 2. The van der Waals surface area contributed by atoms with Gasteiger partial charge in [-0.25, -0.2) is 9.18 Å². The van der Waals surface area contributed by atoms with Gasteiger partial charge in [-0.15, -0.1) is 0 Å². The van der Waals surface area contributed by atoms with Crippen LogP contribution in [0.5, 0.6) is 5.75 Å². The van der Waals surface area contributed by atoms with Gasteiger partial charge in [0.25, 0.3) is 5.91 Å². The summed E-state index contributed by atoms with van der Waals surface area (Å²) >= 11 is 6.52. The summed E-state index contributed by atoms with van der Waals surface area (Å²) < 4.78 is 24.5. The number of hydrogen-bond acceptors (Lipinski definition) is 4. The minimum atomic E-state index is -0.562. The summed E-state index contributed by atoms with van der Waals surface area (Å²) in [4.78, 5) is 25.1. The van der Waals surface area contributed by atoms with E-state index >= 15 is 0 Å². The molecule has 172 valence electrons. The molecule has 5 rings (SSSR count). The Balaban J connectivity index is 1.37. The zero-order chi connectivity index (χ0) is 23.0. The summed E-state index contributed by atoms with van der Waals surface area (Å²) in [6.07, 6.45) is 4.64. The molecule has 2 aliphatic rings. The van der Waals surface area contributed by atoms with Gasteiger partial charge in [0.2, 0.25) is 0 Å². The van der Waals surface area contributed by atoms with E-state index in [0.29, 0.717) is 27.4 Å². The lowest BCUT2D eigenvalue weighted by Crippen LogP contribution is -2.52. The molecule has 0 radical (unpaired) electrons. The Labute approximate surface area is 194 Å². The minimum absolute atomic E-state index is 0.152. The third-order valence-electron chi connectivity index (χ3n) is 6.23. The van der Waals surface area contributed by atoms with Crippen LogP contribution >= 0.6 is 11.6 Å². The van der Waals surface area contributed by atoms with Gasteiger partial charge in [0.05, 0.1) is 22.8 Å². The Morgan fingerprint density at radius 1 is 1.18 bits per heavy atom. The Morgan fingerprint density at radius 3 is 2.70 bits per heavy atom. The van der Waals surface area contributed by atoms with Crippen molar-refractivity contribution in [3.8, 4) is 5.75 Å². The molecule has 3 N–H and O–H groups in total. The van der Waals surface area contributed by atoms with Crippen molar-refractivity contribution in [2.45, 2.75) is 37.6 Å². The van der Waals surface area contributed by atoms with Gasteiger partial charge in [0, 0.05) is 10.9 Å². The lowest BCUT2D eigenvalue weighted by Gasteiger charge is -2.42. The molecule has 0 atom stereocenters. The van der Waals surface area contributed by atoms with Gasteiger partial charge in [0.15, 0.2) is 5.76 Å². The Morgan fingerprint density at radius 2 is 1.94 bits per heavy atom. The Hall–Kier alpha value is -3.26. The van der Waals surface area contributed by atoms with Gasteiger partial charge >= 0.3 is 6.03 Å². The first-order chi connectivity index (χ1) is 15.9. The topological polar surface area (TPSA) is 92.6 Å². The highest BCUT2D eigenvalue weighted by atomic mass is 35.5. The van der Waals surface area contributed by atoms with Gasteiger partial charge in [-0.05, 0) is 49.2 Å². The van der Waals surface area contributed by atoms with Crippen LogP contribution in [0.1, 0.15) is 48.2 Å². The van der Waals surface area contributed by atoms with Crippen LogP contribution in [-0.2, 0) is 5.54 Å². The summed E-state index contributed by atoms with van der Waals surface area (Å²) in [6, 6.07) is 8.75. The van der Waals surface area contributed by atoms with E-state index in [1.807, 2.05) is 0 Å². The van der Waals surface area contributed by atoms with E-state index in [4.69, 9.17) is 20.8 Å². The molecule has 1 saturated carbocycles. The second kappa shape index (κ2) is 8.59. The Kier molecular flexibility index (Phi) is 5.62. The van der Waals surface area contributed by atoms with E-state index < -0.39 is 5.54 Å². The van der Waals surface area contributed by atoms with Gasteiger partial charge in [-0.1, -0.05) is 30.9 Å². The number of carbonyl (C=O) groups is 2. The molecule has 33 heavy (non-hydrogen) atoms. The van der Waals surface area contributed by atoms with Crippen molar-refractivity contribution in [1.29, 1.82) is 0 Å². The number of halogens is 2. The standard InChI is InChI=1S/C24H23ClFN3O4/c25-17-12-14-13-18(22(30)27-10-11-32-16-6-4-15(26)5-7-16)33-21(14)19-20(17)28-23(31)29-24(19)8-2-1-3-9-24/h4-7,12-13H,1-3,8-11H2,(H,27,30)(H2,28,29,31). The fraction of sp³-hybridized carbons (Fsp3) is 0.333. The molecule has 9 heteroatoms. The first-order valence-corrected chi connectivity index (χ1v) is 11.4. The molecule has 0 unspecified atom stereocenters. The van der Waals surface area contributed by atoms with Crippen LogP contribution in [0.3, 0.4) is 0 Å². The highest BCUT2D eigenvalue weighted by Crippen LogP contribution is 2.48. The fourth-order valence-corrected chi connectivity index (χ4v) is 5.01. The lowest BCUT2D eigenvalue weighted by molar-refractivity contribution is 0.0921. The van der Waals surface area contributed by atoms with Crippen molar-refractivity contribution in [2.24, 2.45) is 0 Å². The zero-order valence-electron chi connectivity index (χ0n) is 17.8. The maximum absolute atomic E-state index is 13.0. The molecule has 1 fully saturated rings. The monoisotopic (exact) mass is 471 g/mol. The van der Waals surface area contributed by atoms with Crippen molar-refractivity contribution in [1.82, 2.24) is 10.6 Å². The van der Waals surface area contributed by atoms with Gasteiger partial charge in [-0.2, -0.15) is 0 Å². The summed E-state index contributed by atoms with van der Waals surface area (Å²) in [7, 11) is 0. The van der Waals surface area contributed by atoms with E-state index in [1.165, 1.54) is 24.3 Å². The van der Waals surface area contributed by atoms with E-state index in [2.05, 4.69) is 16.0 Å². The van der Waals surface area contributed by atoms with Crippen LogP contribution in [-0.4, -0.2) is 25.1 Å². The summed E-state index contributed by atoms with van der Waals surface area (Å²) in [5.74, 6) is -0.0565. The average molecular weight is 472 g/mol. The molecule has 3 amide bonds. The number of ether oxygens (including phenoxy) is 1. The third kappa shape index (κ3) is 4.11. The van der Waals surface area contributed by atoms with Crippen molar-refractivity contribution < 1.29 is 23.1 Å². The normalized spacial score (nSPS) is 16.7. The third-order valence-corrected chi connectivity index (χ3v) is 6.53. The fourth-order valence-electron chi connectivity index (χ4n) is 4.75. The number of furan rings is 1. The van der Waals surface area contributed by atoms with Crippen molar-refractivity contribution in [2.75, 3.05) is 18.5 Å². The highest BCUT2D eigenvalue weighted by molar-refractivity contribution is 6.35. The number of hydrogen-bond donors (Lipinski definition) is 3. The second-order valence-corrected chi connectivity index (χ2v) is 8.82. The molecular weight excluding hydrogens is 449 g/mol. The van der Waals surface area contributed by atoms with Crippen molar-refractivity contribution >= 4 is 40.2 Å². The molecule has 1 aliphatic carbocycles. The van der Waals surface area contributed by atoms with Crippen molar-refractivity contribution in [3.63, 3.8) is 0 Å². The molecule has 7 nitrogen and oxygen atoms in total. The van der Waals surface area contributed by atoms with E-state index in [1.54, 1.807) is 12.1 Å². The van der Waals surface area contributed by atoms with Crippen LogP contribution in [0.2, 0.25) is 5.02 Å². The largest absolute Gasteiger partial charge is 0.492 e. The maximum atomic E-state index is 13.0. The molecule has 2 heterocycles. The molecule has 2 aromatic carbocycles. The number of amides is 3. The number of urea groups is 1. The van der Waals surface area contributed by atoms with Gasteiger partial charge < -0.3 is 25.1 Å². The van der Waals surface area contributed by atoms with Crippen molar-refractivity contribution in [3.05, 3.63) is 58.6 Å². The summed E-state index contributed by atoms with van der Waals surface area (Å²) in [5.41, 5.74) is 1.34. The number of anilines is 1. The highest BCUT2D eigenvalue weighted by Gasteiger charge is 2.43. The van der Waals surface area contributed by atoms with Gasteiger partial charge in [0.1, 0.15) is 23.8 Å². The van der Waals surface area contributed by atoms with Crippen LogP contribution in [0, 0.1) is 5.82 Å². The Bertz CT molecular complexity index is 1220. The minimum Gasteiger partial charge on any atom is -0.492 e. The summed E-state index contributed by atoms with van der Waals surface area (Å²) in [6.45, 7) is 0.464. The van der Waals surface area contributed by atoms with Crippen LogP contribution < -0.4 is 20.7 Å². The van der Waals surface area contributed by atoms with E-state index in [-0.39, 0.29) is 36.7 Å². The van der Waals surface area contributed by atoms with Crippen LogP contribution in [0.15, 0.2) is 40.8 Å². The smallest absolute Gasteiger partial charge is 0.319 e. The first-order valence-electron chi connectivity index (χ1n) is 11.0. The number of fused-ring (bicyclic) bond motifs is 4. The molecule has 1 aliphatic heterocycles. The number of nitrogens with one attached hydrogen (secondary N) is 3. The maximum Gasteiger partial charge on any atom is 0.319 e. The average Bonchev–Trinajstić information content (AvgIpc) is 3.22. The van der Waals surface area contributed by atoms with Gasteiger partial charge in [-0.3, -0.25) is 4.79 Å². The predicted molar refractivity (Wildman–Crippen MR) is 122 cm³/mol. The zero-order valence-corrected chi connectivity index (χ0v) is 18.6. The molecular formula is C24H23ClFN3O4. The summed E-state index contributed by atoms with van der Waals surface area (Å²) in [5, 5.41) is 9.79. The van der Waals surface area contributed by atoms with E-state index in [0.717, 1.165) is 37.7 Å². The van der Waals surface area contributed by atoms with Crippen LogP contribution in [0.25, 0.3) is 11.0 Å². The van der Waals surface area contributed by atoms with E-state index in [9.17, 15) is 14.0 Å². The molecule has 3 aromatic rings. The molecule has 0 saturated heterocycles. The molecule has 1 spiro atoms. The number of carbonyl (C=O) groups excluding carboxylic acids is 2. The quantitative estimate of drug-likeness (QED) is 0.438. The number of rotatable bonds is 5.